The highest BCUT2D eigenvalue weighted by Crippen LogP contribution is 2.26. The average molecular weight is 476 g/mol. The van der Waals surface area contributed by atoms with E-state index in [-0.39, 0.29) is 17.1 Å². The van der Waals surface area contributed by atoms with Gasteiger partial charge < -0.3 is 20.5 Å². The maximum Gasteiger partial charge on any atom is 0.290 e. The largest absolute Gasteiger partial charge is 0.490 e. The molecule has 0 unspecified atom stereocenters. The second-order valence-corrected chi connectivity index (χ2v) is 8.20. The maximum atomic E-state index is 12.4. The molecule has 0 aliphatic carbocycles. The van der Waals surface area contributed by atoms with Crippen molar-refractivity contribution in [1.29, 1.82) is 0 Å². The Hall–Kier alpha value is -4.24. The van der Waals surface area contributed by atoms with Crippen molar-refractivity contribution in [3.05, 3.63) is 88.8 Å². The van der Waals surface area contributed by atoms with Gasteiger partial charge >= 0.3 is 0 Å². The van der Waals surface area contributed by atoms with E-state index in [2.05, 4.69) is 10.6 Å². The number of carbonyl (C=O) groups excluding carboxylic acids is 3. The number of nitrogen functional groups attached to an aromatic ring is 1. The van der Waals surface area contributed by atoms with E-state index >= 15 is 0 Å². The van der Waals surface area contributed by atoms with Gasteiger partial charge in [0.2, 0.25) is 0 Å². The van der Waals surface area contributed by atoms with Gasteiger partial charge in [-0.25, -0.2) is 0 Å². The lowest BCUT2D eigenvalue weighted by atomic mass is 10.2. The summed E-state index contributed by atoms with van der Waals surface area (Å²) in [5.41, 5.74) is 8.19. The van der Waals surface area contributed by atoms with Crippen LogP contribution in [-0.4, -0.2) is 30.3 Å². The molecule has 4 N–H and O–H groups in total. The van der Waals surface area contributed by atoms with Crippen LogP contribution in [0.5, 0.6) is 11.5 Å². The summed E-state index contributed by atoms with van der Waals surface area (Å²) in [5, 5.41) is 4.63. The Labute approximate surface area is 200 Å². The van der Waals surface area contributed by atoms with E-state index in [4.69, 9.17) is 15.2 Å². The molecular formula is C25H21N3O5S. The lowest BCUT2D eigenvalue weighted by Gasteiger charge is -2.10. The summed E-state index contributed by atoms with van der Waals surface area (Å²) in [6.07, 6.45) is 1.65. The standard InChI is InChI=1S/C25H21N3O5S/c26-20-3-1-2-4-21(20)27-23(29)17-7-11-19(12-8-17)33-14-13-32-18-9-5-16(6-10-18)15-22-24(30)28-25(31)34-22/h1-12,15H,13-14,26H2,(H,27,29)(H,28,30,31)/b22-15+. The van der Waals surface area contributed by atoms with Crippen molar-refractivity contribution in [2.75, 3.05) is 24.3 Å². The molecule has 34 heavy (non-hydrogen) atoms. The monoisotopic (exact) mass is 475 g/mol. The van der Waals surface area contributed by atoms with Crippen LogP contribution >= 0.6 is 11.8 Å². The number of para-hydroxylation sites is 2. The summed E-state index contributed by atoms with van der Waals surface area (Å²) in [6.45, 7) is 0.638. The minimum atomic E-state index is -0.387. The molecule has 0 aromatic heterocycles. The van der Waals surface area contributed by atoms with E-state index in [1.807, 2.05) is 0 Å². The van der Waals surface area contributed by atoms with Gasteiger partial charge in [0.1, 0.15) is 24.7 Å². The summed E-state index contributed by atoms with van der Waals surface area (Å²) in [4.78, 5) is 35.6. The van der Waals surface area contributed by atoms with Crippen molar-refractivity contribution in [3.8, 4) is 11.5 Å². The number of amides is 3. The molecule has 0 spiro atoms. The van der Waals surface area contributed by atoms with Gasteiger partial charge in [0.15, 0.2) is 0 Å². The molecule has 1 heterocycles. The number of hydrogen-bond acceptors (Lipinski definition) is 7. The first-order valence-electron chi connectivity index (χ1n) is 10.3. The second-order valence-electron chi connectivity index (χ2n) is 7.18. The Morgan fingerprint density at radius 2 is 1.53 bits per heavy atom. The second kappa shape index (κ2) is 10.6. The fourth-order valence-electron chi connectivity index (χ4n) is 3.06. The van der Waals surface area contributed by atoms with Crippen LogP contribution in [-0.2, 0) is 4.79 Å². The molecule has 1 aliphatic heterocycles. The zero-order valence-electron chi connectivity index (χ0n) is 17.9. The van der Waals surface area contributed by atoms with Gasteiger partial charge in [-0.3, -0.25) is 19.7 Å². The van der Waals surface area contributed by atoms with Crippen molar-refractivity contribution >= 4 is 46.3 Å². The number of anilines is 2. The molecule has 9 heteroatoms. The lowest BCUT2D eigenvalue weighted by Crippen LogP contribution is -2.17. The zero-order chi connectivity index (χ0) is 23.9. The third-order valence-electron chi connectivity index (χ3n) is 4.77. The summed E-state index contributed by atoms with van der Waals surface area (Å²) >= 11 is 0.877. The van der Waals surface area contributed by atoms with Crippen LogP contribution in [0.3, 0.4) is 0 Å². The van der Waals surface area contributed by atoms with Crippen LogP contribution < -0.4 is 25.8 Å². The molecule has 1 fully saturated rings. The van der Waals surface area contributed by atoms with Crippen LogP contribution in [0, 0.1) is 0 Å². The molecule has 3 amide bonds. The van der Waals surface area contributed by atoms with Gasteiger partial charge in [-0.2, -0.15) is 0 Å². The molecule has 3 aromatic carbocycles. The van der Waals surface area contributed by atoms with Crippen molar-refractivity contribution in [3.63, 3.8) is 0 Å². The number of ether oxygens (including phenoxy) is 2. The third-order valence-corrected chi connectivity index (χ3v) is 5.58. The molecule has 4 rings (SSSR count). The van der Waals surface area contributed by atoms with Crippen molar-refractivity contribution in [2.45, 2.75) is 0 Å². The molecular weight excluding hydrogens is 454 g/mol. The predicted molar refractivity (Wildman–Crippen MR) is 132 cm³/mol. The topological polar surface area (TPSA) is 120 Å². The normalized spacial score (nSPS) is 14.1. The fourth-order valence-corrected chi connectivity index (χ4v) is 3.74. The van der Waals surface area contributed by atoms with Gasteiger partial charge in [-0.05, 0) is 71.9 Å². The fraction of sp³-hybridized carbons (Fsp3) is 0.0800. The van der Waals surface area contributed by atoms with E-state index in [0.717, 1.165) is 17.3 Å². The van der Waals surface area contributed by atoms with Crippen LogP contribution in [0.4, 0.5) is 16.2 Å². The van der Waals surface area contributed by atoms with E-state index in [0.29, 0.717) is 46.6 Å². The first kappa shape index (κ1) is 22.9. The molecule has 8 nitrogen and oxygen atoms in total. The van der Waals surface area contributed by atoms with Crippen molar-refractivity contribution in [2.24, 2.45) is 0 Å². The summed E-state index contributed by atoms with van der Waals surface area (Å²) in [5.74, 6) is 0.619. The molecule has 0 radical (unpaired) electrons. The van der Waals surface area contributed by atoms with Gasteiger partial charge in [-0.15, -0.1) is 0 Å². The van der Waals surface area contributed by atoms with Crippen LogP contribution in [0.15, 0.2) is 77.7 Å². The predicted octanol–water partition coefficient (Wildman–Crippen LogP) is 4.30. The smallest absolute Gasteiger partial charge is 0.290 e. The summed E-state index contributed by atoms with van der Waals surface area (Å²) in [7, 11) is 0. The SMILES string of the molecule is Nc1ccccc1NC(=O)c1ccc(OCCOc2ccc(/C=C3/SC(=O)NC3=O)cc2)cc1. The number of thioether (sulfide) groups is 1. The number of rotatable bonds is 8. The Bertz CT molecular complexity index is 1240. The Morgan fingerprint density at radius 1 is 0.912 bits per heavy atom. The number of imide groups is 1. The minimum absolute atomic E-state index is 0.259. The molecule has 172 valence electrons. The molecule has 0 atom stereocenters. The van der Waals surface area contributed by atoms with Crippen molar-refractivity contribution < 1.29 is 23.9 Å². The zero-order valence-corrected chi connectivity index (χ0v) is 18.8. The summed E-state index contributed by atoms with van der Waals surface area (Å²) < 4.78 is 11.3. The molecule has 1 aliphatic rings. The Balaban J connectivity index is 1.22. The Morgan fingerprint density at radius 3 is 2.12 bits per heavy atom. The van der Waals surface area contributed by atoms with Gasteiger partial charge in [0.05, 0.1) is 16.3 Å². The molecule has 0 bridgehead atoms. The molecule has 0 saturated carbocycles. The third kappa shape index (κ3) is 5.96. The maximum absolute atomic E-state index is 12.4. The quantitative estimate of drug-likeness (QED) is 0.252. The van der Waals surface area contributed by atoms with E-state index in [9.17, 15) is 14.4 Å². The van der Waals surface area contributed by atoms with Crippen LogP contribution in [0.1, 0.15) is 15.9 Å². The number of carbonyl (C=O) groups is 3. The number of nitrogens with one attached hydrogen (secondary N) is 2. The number of hydrogen-bond donors (Lipinski definition) is 3. The van der Waals surface area contributed by atoms with E-state index < -0.39 is 0 Å². The molecule has 1 saturated heterocycles. The lowest BCUT2D eigenvalue weighted by molar-refractivity contribution is -0.115. The first-order valence-corrected chi connectivity index (χ1v) is 11.2. The van der Waals surface area contributed by atoms with Gasteiger partial charge in [0, 0.05) is 5.56 Å². The first-order chi connectivity index (χ1) is 16.5. The molecule has 3 aromatic rings. The van der Waals surface area contributed by atoms with Gasteiger partial charge in [0.25, 0.3) is 17.1 Å². The van der Waals surface area contributed by atoms with Crippen molar-refractivity contribution in [1.82, 2.24) is 5.32 Å². The van der Waals surface area contributed by atoms with Gasteiger partial charge in [-0.1, -0.05) is 24.3 Å². The van der Waals surface area contributed by atoms with Crippen LogP contribution in [0.2, 0.25) is 0 Å². The highest BCUT2D eigenvalue weighted by molar-refractivity contribution is 8.18. The highest BCUT2D eigenvalue weighted by Gasteiger charge is 2.24. The van der Waals surface area contributed by atoms with E-state index in [1.54, 1.807) is 78.9 Å². The minimum Gasteiger partial charge on any atom is -0.490 e. The Kier molecular flexibility index (Phi) is 7.14. The van der Waals surface area contributed by atoms with Crippen LogP contribution in [0.25, 0.3) is 6.08 Å². The number of nitrogens with two attached hydrogens (primary N) is 1. The summed E-state index contributed by atoms with van der Waals surface area (Å²) in [6, 6.07) is 21.0. The average Bonchev–Trinajstić information content (AvgIpc) is 3.16. The number of benzene rings is 3. The van der Waals surface area contributed by atoms with E-state index in [1.165, 1.54) is 0 Å². The highest BCUT2D eigenvalue weighted by atomic mass is 32.2.